The van der Waals surface area contributed by atoms with Gasteiger partial charge in [0.25, 0.3) is 10.1 Å². The van der Waals surface area contributed by atoms with Crippen LogP contribution < -0.4 is 0 Å². The Morgan fingerprint density at radius 3 is 2.27 bits per heavy atom. The van der Waals surface area contributed by atoms with Crippen LogP contribution >= 0.6 is 0 Å². The molecule has 0 spiro atoms. The number of hydrogen-bond donors (Lipinski definition) is 2. The fourth-order valence-corrected chi connectivity index (χ4v) is 3.87. The summed E-state index contributed by atoms with van der Waals surface area (Å²) in [6, 6.07) is 10.4. The molecule has 0 bridgehead atoms. The lowest BCUT2D eigenvalue weighted by Crippen LogP contribution is -2.19. The number of ether oxygens (including phenoxy) is 1. The van der Waals surface area contributed by atoms with E-state index in [0.717, 1.165) is 0 Å². The van der Waals surface area contributed by atoms with Gasteiger partial charge in [-0.1, -0.05) is 45.0 Å². The predicted molar refractivity (Wildman–Crippen MR) is 98.0 cm³/mol. The molecular weight excluding hydrogens is 356 g/mol. The molecule has 6 nitrogen and oxygen atoms in total. The highest BCUT2D eigenvalue weighted by molar-refractivity contribution is 7.86. The van der Waals surface area contributed by atoms with E-state index in [4.69, 9.17) is 4.74 Å². The number of esters is 1. The Balaban J connectivity index is 2.76. The van der Waals surface area contributed by atoms with E-state index in [1.54, 1.807) is 12.1 Å². The topological polar surface area (TPSA) is 101 Å². The van der Waals surface area contributed by atoms with Crippen molar-refractivity contribution in [2.45, 2.75) is 31.4 Å². The van der Waals surface area contributed by atoms with E-state index in [1.807, 2.05) is 20.8 Å². The molecule has 0 aromatic heterocycles. The first-order chi connectivity index (χ1) is 12.0. The molecule has 2 aromatic rings. The molecule has 1 unspecified atom stereocenters. The molecule has 0 heterocycles. The van der Waals surface area contributed by atoms with Crippen molar-refractivity contribution in [2.75, 3.05) is 7.11 Å². The van der Waals surface area contributed by atoms with Gasteiger partial charge in [0.1, 0.15) is 11.0 Å². The van der Waals surface area contributed by atoms with E-state index < -0.39 is 26.8 Å². The number of aromatic hydroxyl groups is 1. The summed E-state index contributed by atoms with van der Waals surface area (Å²) < 4.78 is 39.0. The molecule has 2 N–H and O–H groups in total. The third kappa shape index (κ3) is 4.05. The van der Waals surface area contributed by atoms with Crippen molar-refractivity contribution >= 4 is 16.1 Å². The van der Waals surface area contributed by atoms with E-state index in [1.165, 1.54) is 37.4 Å². The summed E-state index contributed by atoms with van der Waals surface area (Å²) in [7, 11) is -3.41. The lowest BCUT2D eigenvalue weighted by molar-refractivity contribution is 0.0599. The average molecular weight is 378 g/mol. The van der Waals surface area contributed by atoms with Gasteiger partial charge in [0.05, 0.1) is 12.7 Å². The summed E-state index contributed by atoms with van der Waals surface area (Å²) in [4.78, 5) is 12.0. The zero-order chi connectivity index (χ0) is 19.7. The fourth-order valence-electron chi connectivity index (χ4n) is 2.85. The number of carbonyl (C=O) groups is 1. The highest BCUT2D eigenvalue weighted by Crippen LogP contribution is 2.37. The smallest absolute Gasteiger partial charge is 0.338 e. The van der Waals surface area contributed by atoms with Gasteiger partial charge < -0.3 is 9.84 Å². The highest BCUT2D eigenvalue weighted by Gasteiger charge is 2.32. The van der Waals surface area contributed by atoms with Crippen LogP contribution in [0.15, 0.2) is 42.5 Å². The Bertz CT molecular complexity index is 925. The molecule has 1 atom stereocenters. The molecule has 140 valence electrons. The summed E-state index contributed by atoms with van der Waals surface area (Å²) in [5.74, 6) is -0.680. The molecule has 0 aliphatic carbocycles. The number of carbonyl (C=O) groups excluding carboxylic acids is 1. The van der Waals surface area contributed by atoms with Crippen molar-refractivity contribution in [2.24, 2.45) is 0 Å². The van der Waals surface area contributed by atoms with E-state index in [-0.39, 0.29) is 22.4 Å². The van der Waals surface area contributed by atoms with Gasteiger partial charge in [0.2, 0.25) is 0 Å². The number of methoxy groups -OCH3 is 1. The minimum Gasteiger partial charge on any atom is -0.508 e. The number of hydrogen-bond acceptors (Lipinski definition) is 5. The Morgan fingerprint density at radius 2 is 1.73 bits per heavy atom. The summed E-state index contributed by atoms with van der Waals surface area (Å²) in [5, 5.41) is 8.63. The van der Waals surface area contributed by atoms with Gasteiger partial charge in [0.15, 0.2) is 0 Å². The maximum Gasteiger partial charge on any atom is 0.338 e. The Labute approximate surface area is 153 Å². The van der Waals surface area contributed by atoms with Gasteiger partial charge in [0, 0.05) is 0 Å². The normalized spacial score (nSPS) is 13.3. The van der Waals surface area contributed by atoms with E-state index in [0.29, 0.717) is 5.56 Å². The molecule has 0 saturated heterocycles. The molecule has 0 fully saturated rings. The predicted octanol–water partition coefficient (Wildman–Crippen LogP) is 3.45. The Morgan fingerprint density at radius 1 is 1.12 bits per heavy atom. The standard InChI is InChI=1S/C19H22O6S/c1-19(2,3)15-11-12(9-10-16(15)20)17(26(22,23)24)13-7-5-6-8-14(13)18(21)25-4/h5-11,17,20H,1-4H3,(H,22,23,24). The molecule has 0 amide bonds. The van der Waals surface area contributed by atoms with Gasteiger partial charge in [-0.25, -0.2) is 4.79 Å². The molecular formula is C19H22O6S. The largest absolute Gasteiger partial charge is 0.508 e. The lowest BCUT2D eigenvalue weighted by Gasteiger charge is -2.24. The maximum atomic E-state index is 12.2. The van der Waals surface area contributed by atoms with Crippen LogP contribution in [0, 0.1) is 0 Å². The van der Waals surface area contributed by atoms with Gasteiger partial charge in [-0.3, -0.25) is 4.55 Å². The van der Waals surface area contributed by atoms with Crippen molar-refractivity contribution in [3.05, 3.63) is 64.7 Å². The molecule has 0 aliphatic heterocycles. The van der Waals surface area contributed by atoms with Crippen LogP contribution in [0.25, 0.3) is 0 Å². The van der Waals surface area contributed by atoms with Crippen molar-refractivity contribution in [3.63, 3.8) is 0 Å². The monoisotopic (exact) mass is 378 g/mol. The van der Waals surface area contributed by atoms with Crippen LogP contribution in [0.1, 0.15) is 53.1 Å². The van der Waals surface area contributed by atoms with Gasteiger partial charge in [-0.2, -0.15) is 8.42 Å². The second-order valence-electron chi connectivity index (χ2n) is 7.00. The van der Waals surface area contributed by atoms with Crippen LogP contribution in [0.5, 0.6) is 5.75 Å². The lowest BCUT2D eigenvalue weighted by atomic mass is 9.84. The molecule has 0 radical (unpaired) electrons. The number of rotatable bonds is 4. The van der Waals surface area contributed by atoms with E-state index in [9.17, 15) is 22.9 Å². The van der Waals surface area contributed by atoms with E-state index >= 15 is 0 Å². The number of phenols is 1. The highest BCUT2D eigenvalue weighted by atomic mass is 32.2. The average Bonchev–Trinajstić information content (AvgIpc) is 2.54. The SMILES string of the molecule is COC(=O)c1ccccc1C(c1ccc(O)c(C(C)(C)C)c1)S(=O)(=O)O. The summed E-state index contributed by atoms with van der Waals surface area (Å²) >= 11 is 0. The quantitative estimate of drug-likeness (QED) is 0.624. The molecule has 0 saturated carbocycles. The summed E-state index contributed by atoms with van der Waals surface area (Å²) in [6.45, 7) is 5.62. The van der Waals surface area contributed by atoms with Crippen LogP contribution in [-0.2, 0) is 20.3 Å². The van der Waals surface area contributed by atoms with Crippen molar-refractivity contribution in [1.82, 2.24) is 0 Å². The molecule has 0 aliphatic rings. The minimum absolute atomic E-state index is 0.0246. The zero-order valence-corrected chi connectivity index (χ0v) is 15.9. The minimum atomic E-state index is -4.60. The summed E-state index contributed by atoms with van der Waals surface area (Å²) in [5.41, 5.74) is 0.465. The first-order valence-corrected chi connectivity index (χ1v) is 9.44. The Kier molecular flexibility index (Phi) is 5.44. The zero-order valence-electron chi connectivity index (χ0n) is 15.1. The molecule has 2 rings (SSSR count). The first-order valence-electron chi connectivity index (χ1n) is 7.93. The molecule has 7 heteroatoms. The van der Waals surface area contributed by atoms with Crippen LogP contribution in [-0.4, -0.2) is 31.2 Å². The van der Waals surface area contributed by atoms with Crippen LogP contribution in [0.3, 0.4) is 0 Å². The first kappa shape index (κ1) is 19.9. The van der Waals surface area contributed by atoms with Gasteiger partial charge >= 0.3 is 5.97 Å². The Hall–Kier alpha value is -2.38. The molecule has 26 heavy (non-hydrogen) atoms. The third-order valence-corrected chi connectivity index (χ3v) is 5.20. The molecule has 2 aromatic carbocycles. The van der Waals surface area contributed by atoms with Gasteiger partial charge in [-0.15, -0.1) is 0 Å². The summed E-state index contributed by atoms with van der Waals surface area (Å²) in [6.07, 6.45) is 0. The maximum absolute atomic E-state index is 12.2. The second kappa shape index (κ2) is 7.09. The van der Waals surface area contributed by atoms with Gasteiger partial charge in [-0.05, 0) is 40.3 Å². The third-order valence-electron chi connectivity index (χ3n) is 4.08. The van der Waals surface area contributed by atoms with E-state index in [2.05, 4.69) is 0 Å². The van der Waals surface area contributed by atoms with Crippen molar-refractivity contribution in [3.8, 4) is 5.75 Å². The number of benzene rings is 2. The number of phenolic OH excluding ortho intramolecular Hbond substituents is 1. The second-order valence-corrected chi connectivity index (χ2v) is 8.50. The van der Waals surface area contributed by atoms with Crippen LogP contribution in [0.4, 0.5) is 0 Å². The van der Waals surface area contributed by atoms with Crippen molar-refractivity contribution < 1.29 is 27.6 Å². The van der Waals surface area contributed by atoms with Crippen LogP contribution in [0.2, 0.25) is 0 Å². The fraction of sp³-hybridized carbons (Fsp3) is 0.316. The van der Waals surface area contributed by atoms with Crippen molar-refractivity contribution in [1.29, 1.82) is 0 Å².